The molecule has 4 nitrogen and oxygen atoms in total. The zero-order valence-electron chi connectivity index (χ0n) is 11.1. The maximum Gasteiger partial charge on any atom is 0.195 e. The number of rotatable bonds is 3. The highest BCUT2D eigenvalue weighted by atomic mass is 16.3. The summed E-state index contributed by atoms with van der Waals surface area (Å²) >= 11 is 0. The average molecular weight is 266 g/mol. The molecule has 0 saturated heterocycles. The van der Waals surface area contributed by atoms with Crippen LogP contribution in [0.1, 0.15) is 28.4 Å². The highest BCUT2D eigenvalue weighted by molar-refractivity contribution is 6.16. The maximum absolute atomic E-state index is 12.6. The number of fused-ring (bicyclic) bond motifs is 1. The Balaban J connectivity index is 2.17. The van der Waals surface area contributed by atoms with Crippen molar-refractivity contribution in [2.45, 2.75) is 13.3 Å². The van der Waals surface area contributed by atoms with Gasteiger partial charge in [-0.2, -0.15) is 0 Å². The SMILES string of the molecule is CCc1ccnc2[nH]cc(C(=O)c3cccc(O)c3)c12. The van der Waals surface area contributed by atoms with Crippen molar-refractivity contribution in [2.75, 3.05) is 0 Å². The van der Waals surface area contributed by atoms with Crippen LogP contribution >= 0.6 is 0 Å². The molecule has 2 aromatic heterocycles. The van der Waals surface area contributed by atoms with Crippen molar-refractivity contribution < 1.29 is 9.90 Å². The normalized spacial score (nSPS) is 10.8. The topological polar surface area (TPSA) is 66.0 Å². The third kappa shape index (κ3) is 1.95. The van der Waals surface area contributed by atoms with E-state index in [1.807, 2.05) is 13.0 Å². The van der Waals surface area contributed by atoms with Crippen LogP contribution in [0.4, 0.5) is 0 Å². The lowest BCUT2D eigenvalue weighted by Crippen LogP contribution is -2.01. The fourth-order valence-corrected chi connectivity index (χ4v) is 2.40. The number of pyridine rings is 1. The number of carbonyl (C=O) groups excluding carboxylic acids is 1. The standard InChI is InChI=1S/C16H14N2O2/c1-2-10-6-7-17-16-14(10)13(9-18-16)15(20)11-4-3-5-12(19)8-11/h3-9,19H,2H2,1H3,(H,17,18). The summed E-state index contributed by atoms with van der Waals surface area (Å²) in [6.45, 7) is 2.05. The number of H-pyrrole nitrogens is 1. The summed E-state index contributed by atoms with van der Waals surface area (Å²) in [6, 6.07) is 8.31. The van der Waals surface area contributed by atoms with Gasteiger partial charge in [0.15, 0.2) is 5.78 Å². The van der Waals surface area contributed by atoms with Gasteiger partial charge in [0.05, 0.1) is 0 Å². The second-order valence-electron chi connectivity index (χ2n) is 4.63. The van der Waals surface area contributed by atoms with Gasteiger partial charge < -0.3 is 10.1 Å². The molecule has 0 radical (unpaired) electrons. The van der Waals surface area contributed by atoms with E-state index in [1.54, 1.807) is 30.6 Å². The van der Waals surface area contributed by atoms with Crippen LogP contribution in [-0.4, -0.2) is 20.9 Å². The van der Waals surface area contributed by atoms with E-state index in [-0.39, 0.29) is 11.5 Å². The number of phenolic OH excluding ortho intramolecular Hbond substituents is 1. The predicted octanol–water partition coefficient (Wildman–Crippen LogP) is 3.06. The Kier molecular flexibility index (Phi) is 2.99. The second-order valence-corrected chi connectivity index (χ2v) is 4.63. The van der Waals surface area contributed by atoms with Gasteiger partial charge in [-0.3, -0.25) is 4.79 Å². The van der Waals surface area contributed by atoms with Crippen molar-refractivity contribution in [1.82, 2.24) is 9.97 Å². The first-order valence-corrected chi connectivity index (χ1v) is 6.49. The minimum absolute atomic E-state index is 0.0875. The summed E-state index contributed by atoms with van der Waals surface area (Å²) in [7, 11) is 0. The lowest BCUT2D eigenvalue weighted by molar-refractivity contribution is 0.104. The van der Waals surface area contributed by atoms with Crippen molar-refractivity contribution in [3.05, 3.63) is 59.4 Å². The molecule has 0 fully saturated rings. The molecule has 4 heteroatoms. The van der Waals surface area contributed by atoms with Gasteiger partial charge in [-0.05, 0) is 30.2 Å². The van der Waals surface area contributed by atoms with Crippen molar-refractivity contribution in [3.63, 3.8) is 0 Å². The fraction of sp³-hybridized carbons (Fsp3) is 0.125. The van der Waals surface area contributed by atoms with Gasteiger partial charge in [-0.1, -0.05) is 19.1 Å². The second kappa shape index (κ2) is 4.81. The minimum Gasteiger partial charge on any atom is -0.508 e. The number of nitrogens with zero attached hydrogens (tertiary/aromatic N) is 1. The van der Waals surface area contributed by atoms with Crippen LogP contribution in [0.2, 0.25) is 0 Å². The van der Waals surface area contributed by atoms with E-state index in [0.29, 0.717) is 16.8 Å². The molecule has 0 amide bonds. The number of hydrogen-bond donors (Lipinski definition) is 2. The molecule has 2 N–H and O–H groups in total. The molecule has 3 rings (SSSR count). The van der Waals surface area contributed by atoms with E-state index in [1.165, 1.54) is 6.07 Å². The van der Waals surface area contributed by atoms with Gasteiger partial charge in [0.1, 0.15) is 11.4 Å². The van der Waals surface area contributed by atoms with Gasteiger partial charge in [-0.25, -0.2) is 4.98 Å². The third-order valence-electron chi connectivity index (χ3n) is 3.39. The summed E-state index contributed by atoms with van der Waals surface area (Å²) in [6.07, 6.45) is 4.25. The molecule has 0 unspecified atom stereocenters. The number of aryl methyl sites for hydroxylation is 1. The molecule has 0 spiro atoms. The van der Waals surface area contributed by atoms with E-state index >= 15 is 0 Å². The van der Waals surface area contributed by atoms with Crippen LogP contribution < -0.4 is 0 Å². The molecule has 1 aromatic carbocycles. The molecular weight excluding hydrogens is 252 g/mol. The van der Waals surface area contributed by atoms with Crippen LogP contribution in [0.25, 0.3) is 11.0 Å². The van der Waals surface area contributed by atoms with Crippen molar-refractivity contribution >= 4 is 16.8 Å². The fourth-order valence-electron chi connectivity index (χ4n) is 2.40. The third-order valence-corrected chi connectivity index (χ3v) is 3.39. The first-order chi connectivity index (χ1) is 9.70. The number of hydrogen-bond acceptors (Lipinski definition) is 3. The minimum atomic E-state index is -0.116. The number of aromatic amines is 1. The highest BCUT2D eigenvalue weighted by Gasteiger charge is 2.17. The van der Waals surface area contributed by atoms with Gasteiger partial charge in [0.2, 0.25) is 0 Å². The van der Waals surface area contributed by atoms with Gasteiger partial charge in [-0.15, -0.1) is 0 Å². The Labute approximate surface area is 116 Å². The lowest BCUT2D eigenvalue weighted by Gasteiger charge is -2.03. The largest absolute Gasteiger partial charge is 0.508 e. The van der Waals surface area contributed by atoms with Crippen LogP contribution in [0, 0.1) is 0 Å². The Morgan fingerprint density at radius 1 is 1.35 bits per heavy atom. The summed E-state index contributed by atoms with van der Waals surface area (Å²) in [4.78, 5) is 19.9. The van der Waals surface area contributed by atoms with Crippen LogP contribution in [0.3, 0.4) is 0 Å². The number of nitrogens with one attached hydrogen (secondary N) is 1. The summed E-state index contributed by atoms with van der Waals surface area (Å²) < 4.78 is 0. The van der Waals surface area contributed by atoms with Crippen LogP contribution in [-0.2, 0) is 6.42 Å². The molecule has 100 valence electrons. The Morgan fingerprint density at radius 3 is 2.95 bits per heavy atom. The molecule has 0 saturated carbocycles. The van der Waals surface area contributed by atoms with E-state index in [9.17, 15) is 9.90 Å². The van der Waals surface area contributed by atoms with Gasteiger partial charge in [0, 0.05) is 28.9 Å². The smallest absolute Gasteiger partial charge is 0.195 e. The summed E-state index contributed by atoms with van der Waals surface area (Å²) in [5.74, 6) is -0.0284. The van der Waals surface area contributed by atoms with Crippen molar-refractivity contribution in [1.29, 1.82) is 0 Å². The molecule has 0 aliphatic heterocycles. The zero-order chi connectivity index (χ0) is 14.1. The summed E-state index contributed by atoms with van der Waals surface area (Å²) in [5.41, 5.74) is 2.86. The van der Waals surface area contributed by atoms with Gasteiger partial charge >= 0.3 is 0 Å². The van der Waals surface area contributed by atoms with Crippen molar-refractivity contribution in [2.24, 2.45) is 0 Å². The first-order valence-electron chi connectivity index (χ1n) is 6.49. The number of phenols is 1. The Bertz CT molecular complexity index is 790. The Morgan fingerprint density at radius 2 is 2.20 bits per heavy atom. The maximum atomic E-state index is 12.6. The first kappa shape index (κ1) is 12.4. The van der Waals surface area contributed by atoms with Crippen LogP contribution in [0.5, 0.6) is 5.75 Å². The highest BCUT2D eigenvalue weighted by Crippen LogP contribution is 2.24. The van der Waals surface area contributed by atoms with E-state index in [2.05, 4.69) is 9.97 Å². The summed E-state index contributed by atoms with van der Waals surface area (Å²) in [5, 5.41) is 10.4. The molecule has 2 heterocycles. The lowest BCUT2D eigenvalue weighted by atomic mass is 10.00. The van der Waals surface area contributed by atoms with E-state index in [0.717, 1.165) is 17.4 Å². The molecule has 0 aliphatic rings. The molecular formula is C16H14N2O2. The number of benzene rings is 1. The monoisotopic (exact) mass is 266 g/mol. The number of aromatic nitrogens is 2. The Hall–Kier alpha value is -2.62. The molecule has 20 heavy (non-hydrogen) atoms. The quantitative estimate of drug-likeness (QED) is 0.716. The zero-order valence-corrected chi connectivity index (χ0v) is 11.1. The molecule has 3 aromatic rings. The van der Waals surface area contributed by atoms with E-state index < -0.39 is 0 Å². The number of ketones is 1. The van der Waals surface area contributed by atoms with Crippen molar-refractivity contribution in [3.8, 4) is 5.75 Å². The number of aromatic hydroxyl groups is 1. The van der Waals surface area contributed by atoms with E-state index in [4.69, 9.17) is 0 Å². The van der Waals surface area contributed by atoms with Gasteiger partial charge in [0.25, 0.3) is 0 Å². The predicted molar refractivity (Wildman–Crippen MR) is 77.0 cm³/mol. The average Bonchev–Trinajstić information content (AvgIpc) is 2.90. The van der Waals surface area contributed by atoms with Crippen LogP contribution in [0.15, 0.2) is 42.7 Å². The molecule has 0 bridgehead atoms. The number of carbonyl (C=O) groups is 1. The molecule has 0 aliphatic carbocycles. The molecule has 0 atom stereocenters.